The molecule has 2 aromatic rings. The first-order valence-electron chi connectivity index (χ1n) is 5.83. The Balaban J connectivity index is 2.19. The molecule has 0 aliphatic rings. The molecule has 0 atom stereocenters. The van der Waals surface area contributed by atoms with Crippen LogP contribution >= 0.6 is 0 Å². The molecular formula is C13H13FN2O3S. The van der Waals surface area contributed by atoms with Crippen molar-refractivity contribution >= 4 is 15.5 Å². The lowest BCUT2D eigenvalue weighted by atomic mass is 10.4. The summed E-state index contributed by atoms with van der Waals surface area (Å²) in [6, 6.07) is 7.30. The fraction of sp³-hybridized carbons (Fsp3) is 0.154. The number of halogens is 1. The van der Waals surface area contributed by atoms with E-state index < -0.39 is 15.7 Å². The molecule has 0 saturated carbocycles. The molecule has 0 amide bonds. The van der Waals surface area contributed by atoms with Crippen LogP contribution in [0, 0.1) is 5.82 Å². The van der Waals surface area contributed by atoms with Crippen molar-refractivity contribution in [3.8, 4) is 0 Å². The monoisotopic (exact) mass is 296 g/mol. The van der Waals surface area contributed by atoms with E-state index in [1.807, 2.05) is 0 Å². The summed E-state index contributed by atoms with van der Waals surface area (Å²) in [5, 5.41) is 0. The normalized spacial score (nSPS) is 11.4. The molecule has 106 valence electrons. The number of anilines is 1. The first-order chi connectivity index (χ1) is 9.38. The molecule has 0 unspecified atom stereocenters. The van der Waals surface area contributed by atoms with Gasteiger partial charge in [0.25, 0.3) is 5.56 Å². The van der Waals surface area contributed by atoms with Crippen molar-refractivity contribution in [2.75, 3.05) is 11.5 Å². The lowest BCUT2D eigenvalue weighted by molar-refractivity contribution is 0.586. The van der Waals surface area contributed by atoms with Gasteiger partial charge < -0.3 is 10.3 Å². The summed E-state index contributed by atoms with van der Waals surface area (Å²) in [5.74, 6) is -0.766. The van der Waals surface area contributed by atoms with Gasteiger partial charge >= 0.3 is 0 Å². The lowest BCUT2D eigenvalue weighted by Gasteiger charge is -2.07. The van der Waals surface area contributed by atoms with Crippen molar-refractivity contribution in [1.29, 1.82) is 0 Å². The maximum Gasteiger partial charge on any atom is 0.250 e. The molecule has 0 aliphatic carbocycles. The number of hydrogen-bond acceptors (Lipinski definition) is 4. The number of pyridine rings is 1. The molecule has 2 rings (SSSR count). The van der Waals surface area contributed by atoms with Crippen molar-refractivity contribution < 1.29 is 12.8 Å². The number of sulfone groups is 1. The van der Waals surface area contributed by atoms with Gasteiger partial charge in [-0.05, 0) is 30.3 Å². The van der Waals surface area contributed by atoms with Gasteiger partial charge in [-0.3, -0.25) is 4.79 Å². The summed E-state index contributed by atoms with van der Waals surface area (Å²) in [4.78, 5) is 11.6. The third-order valence-corrected chi connectivity index (χ3v) is 4.49. The highest BCUT2D eigenvalue weighted by molar-refractivity contribution is 7.91. The molecule has 1 aromatic heterocycles. The number of aromatic nitrogens is 1. The highest BCUT2D eigenvalue weighted by Crippen LogP contribution is 2.12. The zero-order valence-corrected chi connectivity index (χ0v) is 11.3. The average Bonchev–Trinajstić information content (AvgIpc) is 2.40. The molecule has 2 N–H and O–H groups in total. The number of nitrogens with zero attached hydrogens (tertiary/aromatic N) is 1. The Labute approximate surface area is 115 Å². The number of benzene rings is 1. The molecular weight excluding hydrogens is 283 g/mol. The molecule has 20 heavy (non-hydrogen) atoms. The molecule has 5 nitrogen and oxygen atoms in total. The van der Waals surface area contributed by atoms with Crippen molar-refractivity contribution in [3.05, 3.63) is 58.8 Å². The molecule has 0 radical (unpaired) electrons. The summed E-state index contributed by atoms with van der Waals surface area (Å²) < 4.78 is 38.1. The number of nitrogen functional groups attached to an aromatic ring is 1. The number of nitrogens with two attached hydrogens (primary N) is 1. The molecule has 7 heteroatoms. The van der Waals surface area contributed by atoms with Crippen LogP contribution in [0.15, 0.2) is 52.3 Å². The Morgan fingerprint density at radius 1 is 1.10 bits per heavy atom. The van der Waals surface area contributed by atoms with Crippen molar-refractivity contribution in [2.45, 2.75) is 11.4 Å². The van der Waals surface area contributed by atoms with Crippen molar-refractivity contribution in [2.24, 2.45) is 0 Å². The summed E-state index contributed by atoms with van der Waals surface area (Å²) in [7, 11) is -3.57. The van der Waals surface area contributed by atoms with Crippen molar-refractivity contribution in [3.63, 3.8) is 0 Å². The van der Waals surface area contributed by atoms with E-state index >= 15 is 0 Å². The van der Waals surface area contributed by atoms with Gasteiger partial charge in [-0.1, -0.05) is 0 Å². The van der Waals surface area contributed by atoms with Gasteiger partial charge in [0.2, 0.25) is 0 Å². The second-order valence-corrected chi connectivity index (χ2v) is 6.38. The van der Waals surface area contributed by atoms with Gasteiger partial charge in [0.15, 0.2) is 9.84 Å². The molecule has 0 saturated heterocycles. The van der Waals surface area contributed by atoms with Crippen molar-refractivity contribution in [1.82, 2.24) is 4.57 Å². The number of hydrogen-bond donors (Lipinski definition) is 1. The molecule has 0 spiro atoms. The van der Waals surface area contributed by atoms with E-state index in [0.717, 1.165) is 12.1 Å². The van der Waals surface area contributed by atoms with Crippen LogP contribution in [0.1, 0.15) is 0 Å². The van der Waals surface area contributed by atoms with E-state index in [9.17, 15) is 17.6 Å². The summed E-state index contributed by atoms with van der Waals surface area (Å²) in [5.41, 5.74) is 5.60. The second-order valence-electron chi connectivity index (χ2n) is 4.27. The zero-order valence-electron chi connectivity index (χ0n) is 10.5. The van der Waals surface area contributed by atoms with Crippen LogP contribution in [0.2, 0.25) is 0 Å². The van der Waals surface area contributed by atoms with Crippen LogP contribution in [0.5, 0.6) is 0 Å². The molecule has 0 bridgehead atoms. The van der Waals surface area contributed by atoms with Crippen LogP contribution < -0.4 is 11.3 Å². The Bertz CT molecular complexity index is 767. The zero-order chi connectivity index (χ0) is 14.8. The third kappa shape index (κ3) is 3.24. The van der Waals surface area contributed by atoms with Gasteiger partial charge in [0, 0.05) is 24.5 Å². The first-order valence-corrected chi connectivity index (χ1v) is 7.48. The van der Waals surface area contributed by atoms with Crippen LogP contribution in [0.25, 0.3) is 0 Å². The van der Waals surface area contributed by atoms with E-state index in [0.29, 0.717) is 5.69 Å². The molecule has 0 aliphatic heterocycles. The average molecular weight is 296 g/mol. The fourth-order valence-corrected chi connectivity index (χ4v) is 2.93. The second kappa shape index (κ2) is 5.46. The van der Waals surface area contributed by atoms with E-state index in [4.69, 9.17) is 5.73 Å². The number of aryl methyl sites for hydroxylation is 1. The van der Waals surface area contributed by atoms with Gasteiger partial charge in [-0.2, -0.15) is 0 Å². The summed E-state index contributed by atoms with van der Waals surface area (Å²) in [6.07, 6.45) is 1.39. The van der Waals surface area contributed by atoms with Crippen LogP contribution in [-0.4, -0.2) is 18.7 Å². The highest BCUT2D eigenvalue weighted by Gasteiger charge is 2.14. The SMILES string of the molecule is Nc1ccc(=O)n(CCS(=O)(=O)c2ccc(F)cc2)c1. The Morgan fingerprint density at radius 3 is 2.40 bits per heavy atom. The maximum absolute atomic E-state index is 12.8. The minimum absolute atomic E-state index is 0.0103. The topological polar surface area (TPSA) is 82.2 Å². The van der Waals surface area contributed by atoms with Gasteiger partial charge in [-0.15, -0.1) is 0 Å². The standard InChI is InChI=1S/C13H13FN2O3S/c14-10-1-4-12(5-2-10)20(18,19)8-7-16-9-11(15)3-6-13(16)17/h1-6,9H,7-8,15H2. The maximum atomic E-state index is 12.8. The number of rotatable bonds is 4. The van der Waals surface area contributed by atoms with Gasteiger partial charge in [0.05, 0.1) is 10.6 Å². The minimum atomic E-state index is -3.57. The quantitative estimate of drug-likeness (QED) is 0.855. The van der Waals surface area contributed by atoms with E-state index in [1.54, 1.807) is 0 Å². The van der Waals surface area contributed by atoms with Crippen LogP contribution in [-0.2, 0) is 16.4 Å². The largest absolute Gasteiger partial charge is 0.398 e. The Hall–Kier alpha value is -2.15. The predicted molar refractivity (Wildman–Crippen MR) is 73.6 cm³/mol. The molecule has 0 fully saturated rings. The van der Waals surface area contributed by atoms with E-state index in [2.05, 4.69) is 0 Å². The van der Waals surface area contributed by atoms with Gasteiger partial charge in [-0.25, -0.2) is 12.8 Å². The minimum Gasteiger partial charge on any atom is -0.398 e. The highest BCUT2D eigenvalue weighted by atomic mass is 32.2. The smallest absolute Gasteiger partial charge is 0.250 e. The third-order valence-electron chi connectivity index (χ3n) is 2.78. The molecule has 1 aromatic carbocycles. The fourth-order valence-electron chi connectivity index (χ4n) is 1.70. The van der Waals surface area contributed by atoms with E-state index in [-0.39, 0.29) is 22.8 Å². The van der Waals surface area contributed by atoms with Gasteiger partial charge in [0.1, 0.15) is 5.82 Å². The van der Waals surface area contributed by atoms with E-state index in [1.165, 1.54) is 35.0 Å². The van der Waals surface area contributed by atoms with Crippen LogP contribution in [0.4, 0.5) is 10.1 Å². The molecule has 1 heterocycles. The Morgan fingerprint density at radius 2 is 1.75 bits per heavy atom. The predicted octanol–water partition coefficient (Wildman–Crippen LogP) is 1.04. The van der Waals surface area contributed by atoms with Crippen LogP contribution in [0.3, 0.4) is 0 Å². The first kappa shape index (κ1) is 14.3. The Kier molecular flexibility index (Phi) is 3.89. The summed E-state index contributed by atoms with van der Waals surface area (Å²) >= 11 is 0. The summed E-state index contributed by atoms with van der Waals surface area (Å²) in [6.45, 7) is -0.0103. The lowest BCUT2D eigenvalue weighted by Crippen LogP contribution is -2.23.